The van der Waals surface area contributed by atoms with E-state index in [0.717, 1.165) is 31.8 Å². The van der Waals surface area contributed by atoms with Crippen molar-refractivity contribution in [3.05, 3.63) is 29.8 Å². The minimum Gasteiger partial charge on any atom is -0.399 e. The van der Waals surface area contributed by atoms with Gasteiger partial charge >= 0.3 is 7.12 Å². The van der Waals surface area contributed by atoms with E-state index in [9.17, 15) is 0 Å². The molecule has 2 heterocycles. The zero-order valence-electron chi connectivity index (χ0n) is 15.3. The third-order valence-electron chi connectivity index (χ3n) is 6.29. The minimum atomic E-state index is -0.296. The first kappa shape index (κ1) is 16.6. The van der Waals surface area contributed by atoms with E-state index >= 15 is 0 Å². The molecule has 2 saturated heterocycles. The van der Waals surface area contributed by atoms with Crippen molar-refractivity contribution in [1.82, 2.24) is 4.90 Å². The Labute approximate surface area is 145 Å². The van der Waals surface area contributed by atoms with Crippen LogP contribution in [0, 0.1) is 0 Å². The molecule has 0 aromatic heterocycles. The molecule has 2 aliphatic heterocycles. The van der Waals surface area contributed by atoms with E-state index in [0.29, 0.717) is 0 Å². The van der Waals surface area contributed by atoms with Gasteiger partial charge in [-0.1, -0.05) is 24.3 Å². The molecule has 0 atom stereocenters. The van der Waals surface area contributed by atoms with Gasteiger partial charge in [-0.3, -0.25) is 4.90 Å². The summed E-state index contributed by atoms with van der Waals surface area (Å²) in [5.74, 6) is 0. The van der Waals surface area contributed by atoms with E-state index in [4.69, 9.17) is 14.0 Å². The topological polar surface area (TPSA) is 30.9 Å². The third-order valence-corrected chi connectivity index (χ3v) is 6.29. The molecule has 1 aromatic carbocycles. The molecule has 0 bridgehead atoms. The lowest BCUT2D eigenvalue weighted by Crippen LogP contribution is -2.44. The largest absolute Gasteiger partial charge is 0.494 e. The summed E-state index contributed by atoms with van der Waals surface area (Å²) in [6, 6.07) is 8.83. The van der Waals surface area contributed by atoms with E-state index < -0.39 is 0 Å². The Kier molecular flexibility index (Phi) is 3.85. The summed E-state index contributed by atoms with van der Waals surface area (Å²) >= 11 is 0. The van der Waals surface area contributed by atoms with Crippen LogP contribution in [-0.4, -0.2) is 49.5 Å². The first-order valence-electron chi connectivity index (χ1n) is 9.13. The fourth-order valence-electron chi connectivity index (χ4n) is 3.85. The smallest absolute Gasteiger partial charge is 0.399 e. The van der Waals surface area contributed by atoms with Crippen LogP contribution < -0.4 is 5.46 Å². The molecule has 1 aromatic rings. The molecule has 3 fully saturated rings. The Hall–Kier alpha value is -0.875. The van der Waals surface area contributed by atoms with Crippen LogP contribution in [0.2, 0.25) is 0 Å². The summed E-state index contributed by atoms with van der Waals surface area (Å²) in [5.41, 5.74) is 2.15. The lowest BCUT2D eigenvalue weighted by atomic mass is 9.77. The van der Waals surface area contributed by atoms with E-state index in [1.54, 1.807) is 0 Å². The molecule has 3 aliphatic rings. The highest BCUT2D eigenvalue weighted by molar-refractivity contribution is 6.62. The van der Waals surface area contributed by atoms with Crippen LogP contribution in [0.4, 0.5) is 0 Å². The molecule has 1 aliphatic carbocycles. The van der Waals surface area contributed by atoms with E-state index in [-0.39, 0.29) is 23.9 Å². The van der Waals surface area contributed by atoms with Gasteiger partial charge in [-0.05, 0) is 51.6 Å². The Bertz CT molecular complexity index is 605. The molecule has 0 amide bonds. The number of benzene rings is 1. The average Bonchev–Trinajstić information content (AvgIpc) is 3.33. The summed E-state index contributed by atoms with van der Waals surface area (Å²) in [5, 5.41) is 0. The van der Waals surface area contributed by atoms with E-state index in [2.05, 4.69) is 56.9 Å². The van der Waals surface area contributed by atoms with E-state index in [1.807, 2.05) is 0 Å². The fraction of sp³-hybridized carbons (Fsp3) is 0.684. The number of ether oxygens (including phenoxy) is 1. The van der Waals surface area contributed by atoms with Crippen LogP contribution in [0.15, 0.2) is 24.3 Å². The van der Waals surface area contributed by atoms with Crippen molar-refractivity contribution in [2.24, 2.45) is 0 Å². The zero-order chi connectivity index (χ0) is 17.0. The van der Waals surface area contributed by atoms with Crippen LogP contribution in [0.3, 0.4) is 0 Å². The van der Waals surface area contributed by atoms with Crippen molar-refractivity contribution >= 4 is 12.6 Å². The van der Waals surface area contributed by atoms with Gasteiger partial charge in [-0.15, -0.1) is 0 Å². The molecular weight excluding hydrogens is 301 g/mol. The second-order valence-corrected chi connectivity index (χ2v) is 8.34. The van der Waals surface area contributed by atoms with Crippen molar-refractivity contribution in [3.63, 3.8) is 0 Å². The molecule has 0 radical (unpaired) electrons. The van der Waals surface area contributed by atoms with Gasteiger partial charge in [-0.2, -0.15) is 0 Å². The second kappa shape index (κ2) is 5.56. The minimum absolute atomic E-state index is 0.212. The molecule has 4 rings (SSSR count). The quantitative estimate of drug-likeness (QED) is 0.797. The highest BCUT2D eigenvalue weighted by atomic mass is 16.7. The maximum atomic E-state index is 6.23. The molecule has 130 valence electrons. The van der Waals surface area contributed by atoms with Crippen molar-refractivity contribution in [2.45, 2.75) is 57.3 Å². The van der Waals surface area contributed by atoms with Crippen molar-refractivity contribution in [2.75, 3.05) is 26.3 Å². The standard InChI is InChI=1S/C19H28BNO3/c1-17(2)18(3,4)24-20(23-17)16-7-5-6-15(14-16)19(8-9-19)21-10-12-22-13-11-21/h5-7,14H,8-13H2,1-4H3. The van der Waals surface area contributed by atoms with Crippen LogP contribution in [0.1, 0.15) is 46.1 Å². The SMILES string of the molecule is CC1(C)OB(c2cccc(C3(N4CCOCC4)CC3)c2)OC1(C)C. The fourth-order valence-corrected chi connectivity index (χ4v) is 3.85. The molecule has 5 heteroatoms. The molecular formula is C19H28BNO3. The Balaban J connectivity index is 1.59. The van der Waals surface area contributed by atoms with Gasteiger partial charge in [0.25, 0.3) is 0 Å². The van der Waals surface area contributed by atoms with Crippen molar-refractivity contribution < 1.29 is 14.0 Å². The summed E-state index contributed by atoms with van der Waals surface area (Å²) in [7, 11) is -0.282. The maximum absolute atomic E-state index is 6.23. The number of rotatable bonds is 3. The highest BCUT2D eigenvalue weighted by Gasteiger charge is 2.53. The highest BCUT2D eigenvalue weighted by Crippen LogP contribution is 2.51. The predicted octanol–water partition coefficient (Wildman–Crippen LogP) is 2.31. The van der Waals surface area contributed by atoms with E-state index in [1.165, 1.54) is 18.4 Å². The third kappa shape index (κ3) is 2.62. The molecule has 1 saturated carbocycles. The van der Waals surface area contributed by atoms with Gasteiger partial charge in [0.1, 0.15) is 0 Å². The maximum Gasteiger partial charge on any atom is 0.494 e. The normalized spacial score (nSPS) is 28.1. The lowest BCUT2D eigenvalue weighted by molar-refractivity contribution is 0.00578. The van der Waals surface area contributed by atoms with Gasteiger partial charge in [0.2, 0.25) is 0 Å². The molecule has 0 N–H and O–H groups in total. The number of morpholine rings is 1. The van der Waals surface area contributed by atoms with Crippen LogP contribution in [0.25, 0.3) is 0 Å². The summed E-state index contributed by atoms with van der Waals surface area (Å²) < 4.78 is 18.0. The monoisotopic (exact) mass is 329 g/mol. The summed E-state index contributed by atoms with van der Waals surface area (Å²) in [4.78, 5) is 2.60. The van der Waals surface area contributed by atoms with Crippen LogP contribution in [-0.2, 0) is 19.6 Å². The van der Waals surface area contributed by atoms with Crippen molar-refractivity contribution in [3.8, 4) is 0 Å². The summed E-state index contributed by atoms with van der Waals surface area (Å²) in [6.45, 7) is 12.2. The Morgan fingerprint density at radius 1 is 0.958 bits per heavy atom. The van der Waals surface area contributed by atoms with Gasteiger partial charge in [0.15, 0.2) is 0 Å². The first-order valence-corrected chi connectivity index (χ1v) is 9.13. The predicted molar refractivity (Wildman–Crippen MR) is 95.5 cm³/mol. The summed E-state index contributed by atoms with van der Waals surface area (Å²) in [6.07, 6.45) is 2.47. The molecule has 0 spiro atoms. The van der Waals surface area contributed by atoms with Gasteiger partial charge in [0.05, 0.1) is 24.4 Å². The number of hydrogen-bond donors (Lipinski definition) is 0. The second-order valence-electron chi connectivity index (χ2n) is 8.34. The van der Waals surface area contributed by atoms with Gasteiger partial charge in [0, 0.05) is 18.6 Å². The first-order chi connectivity index (χ1) is 11.3. The average molecular weight is 329 g/mol. The lowest BCUT2D eigenvalue weighted by Gasteiger charge is -2.35. The van der Waals surface area contributed by atoms with Gasteiger partial charge in [-0.25, -0.2) is 0 Å². The van der Waals surface area contributed by atoms with Gasteiger partial charge < -0.3 is 14.0 Å². The van der Waals surface area contributed by atoms with Crippen molar-refractivity contribution in [1.29, 1.82) is 0 Å². The number of hydrogen-bond acceptors (Lipinski definition) is 4. The molecule has 4 nitrogen and oxygen atoms in total. The molecule has 0 unspecified atom stereocenters. The zero-order valence-corrected chi connectivity index (χ0v) is 15.3. The Morgan fingerprint density at radius 3 is 2.17 bits per heavy atom. The Morgan fingerprint density at radius 2 is 1.58 bits per heavy atom. The number of nitrogens with zero attached hydrogens (tertiary/aromatic N) is 1. The van der Waals surface area contributed by atoms with Crippen LogP contribution in [0.5, 0.6) is 0 Å². The van der Waals surface area contributed by atoms with Crippen LogP contribution >= 0.6 is 0 Å². The molecule has 24 heavy (non-hydrogen) atoms.